The van der Waals surface area contributed by atoms with Crippen molar-refractivity contribution < 1.29 is 9.53 Å². The average molecular weight is 299 g/mol. The molecular weight excluding hydrogens is 260 g/mol. The molecule has 0 aromatic rings. The van der Waals surface area contributed by atoms with Crippen molar-refractivity contribution >= 4 is 5.78 Å². The van der Waals surface area contributed by atoms with E-state index in [2.05, 4.69) is 34.6 Å². The summed E-state index contributed by atoms with van der Waals surface area (Å²) in [6, 6.07) is 0. The lowest BCUT2D eigenvalue weighted by Gasteiger charge is -2.36. The van der Waals surface area contributed by atoms with E-state index in [0.29, 0.717) is 24.2 Å². The first-order valence-corrected chi connectivity index (χ1v) is 8.93. The van der Waals surface area contributed by atoms with E-state index in [1.165, 1.54) is 25.7 Å². The summed E-state index contributed by atoms with van der Waals surface area (Å²) in [5.74, 6) is 1.41. The summed E-state index contributed by atoms with van der Waals surface area (Å²) in [4.78, 5) is 12.9. The van der Waals surface area contributed by atoms with Crippen molar-refractivity contribution in [2.75, 3.05) is 13.7 Å². The van der Waals surface area contributed by atoms with Gasteiger partial charge in [-0.05, 0) is 31.1 Å². The Bertz CT molecular complexity index is 271. The molecule has 2 heteroatoms. The fraction of sp³-hybridized carbons (Fsp3) is 0.947. The van der Waals surface area contributed by atoms with Crippen LogP contribution < -0.4 is 0 Å². The van der Waals surface area contributed by atoms with Gasteiger partial charge in [-0.1, -0.05) is 60.3 Å². The molecule has 0 amide bonds. The van der Waals surface area contributed by atoms with Crippen LogP contribution in [0.1, 0.15) is 86.0 Å². The largest absolute Gasteiger partial charge is 0.384 e. The Morgan fingerprint density at radius 2 is 1.67 bits per heavy atom. The number of carbonyl (C=O) groups excluding carboxylic acids is 1. The second kappa shape index (κ2) is 11.2. The van der Waals surface area contributed by atoms with Gasteiger partial charge in [-0.15, -0.1) is 0 Å². The summed E-state index contributed by atoms with van der Waals surface area (Å²) in [5.41, 5.74) is -0.274. The molecule has 0 spiro atoms. The van der Waals surface area contributed by atoms with Crippen molar-refractivity contribution in [1.29, 1.82) is 0 Å². The van der Waals surface area contributed by atoms with Gasteiger partial charge in [0.05, 0.1) is 12.0 Å². The highest BCUT2D eigenvalue weighted by molar-refractivity contribution is 5.85. The van der Waals surface area contributed by atoms with E-state index in [9.17, 15) is 4.79 Å². The number of rotatable bonds is 13. The first kappa shape index (κ1) is 20.6. The third-order valence-electron chi connectivity index (χ3n) is 4.74. The van der Waals surface area contributed by atoms with Crippen molar-refractivity contribution in [1.82, 2.24) is 0 Å². The minimum Gasteiger partial charge on any atom is -0.384 e. The molecule has 0 fully saturated rings. The standard InChI is InChI=1S/C19H38O2/c1-7-8-9-10-11-12-18(20)19(15-21-6,17(4)5)14-13-16(2)3/h16-17H,7-15H2,1-6H3. The number of methoxy groups -OCH3 is 1. The molecule has 0 aromatic carbocycles. The minimum atomic E-state index is -0.274. The number of hydrogen-bond acceptors (Lipinski definition) is 2. The summed E-state index contributed by atoms with van der Waals surface area (Å²) in [5, 5.41) is 0. The van der Waals surface area contributed by atoms with Gasteiger partial charge in [0, 0.05) is 13.5 Å². The van der Waals surface area contributed by atoms with Gasteiger partial charge < -0.3 is 4.74 Å². The highest BCUT2D eigenvalue weighted by atomic mass is 16.5. The number of ketones is 1. The highest BCUT2D eigenvalue weighted by Gasteiger charge is 2.40. The van der Waals surface area contributed by atoms with E-state index in [1.807, 2.05) is 0 Å². The predicted molar refractivity (Wildman–Crippen MR) is 91.6 cm³/mol. The topological polar surface area (TPSA) is 26.3 Å². The Morgan fingerprint density at radius 3 is 2.14 bits per heavy atom. The second-order valence-electron chi connectivity index (χ2n) is 7.26. The predicted octanol–water partition coefficient (Wildman–Crippen LogP) is 5.64. The highest BCUT2D eigenvalue weighted by Crippen LogP contribution is 2.37. The number of ether oxygens (including phenoxy) is 1. The fourth-order valence-electron chi connectivity index (χ4n) is 3.01. The van der Waals surface area contributed by atoms with Crippen molar-refractivity contribution in [3.05, 3.63) is 0 Å². The van der Waals surface area contributed by atoms with Gasteiger partial charge in [0.1, 0.15) is 5.78 Å². The summed E-state index contributed by atoms with van der Waals surface area (Å²) >= 11 is 0. The Morgan fingerprint density at radius 1 is 1.05 bits per heavy atom. The minimum absolute atomic E-state index is 0.274. The molecule has 0 saturated heterocycles. The zero-order valence-electron chi connectivity index (χ0n) is 15.3. The van der Waals surface area contributed by atoms with Crippen LogP contribution in [0.25, 0.3) is 0 Å². The molecule has 2 nitrogen and oxygen atoms in total. The average Bonchev–Trinajstić information content (AvgIpc) is 2.42. The Hall–Kier alpha value is -0.370. The number of Topliss-reactive ketones (excluding diaryl/α,β-unsaturated/α-hetero) is 1. The number of unbranched alkanes of at least 4 members (excludes halogenated alkanes) is 4. The zero-order chi connectivity index (χ0) is 16.3. The molecule has 1 unspecified atom stereocenters. The van der Waals surface area contributed by atoms with Crippen LogP contribution in [0.5, 0.6) is 0 Å². The van der Waals surface area contributed by atoms with E-state index in [0.717, 1.165) is 25.7 Å². The summed E-state index contributed by atoms with van der Waals surface area (Å²) < 4.78 is 5.45. The third kappa shape index (κ3) is 7.44. The SMILES string of the molecule is CCCCCCCC(=O)C(CCC(C)C)(COC)C(C)C. The normalized spacial score (nSPS) is 14.7. The van der Waals surface area contributed by atoms with E-state index < -0.39 is 0 Å². The zero-order valence-corrected chi connectivity index (χ0v) is 15.3. The van der Waals surface area contributed by atoms with Gasteiger partial charge in [0.25, 0.3) is 0 Å². The fourth-order valence-corrected chi connectivity index (χ4v) is 3.01. The molecule has 1 atom stereocenters. The molecule has 0 aromatic heterocycles. The van der Waals surface area contributed by atoms with Crippen molar-refractivity contribution in [3.8, 4) is 0 Å². The molecule has 0 aliphatic heterocycles. The molecule has 0 rings (SSSR count). The third-order valence-corrected chi connectivity index (χ3v) is 4.74. The van der Waals surface area contributed by atoms with Gasteiger partial charge in [-0.2, -0.15) is 0 Å². The van der Waals surface area contributed by atoms with Crippen LogP contribution in [0.2, 0.25) is 0 Å². The Labute approximate surface area is 133 Å². The van der Waals surface area contributed by atoms with Crippen LogP contribution in [-0.2, 0) is 9.53 Å². The molecule has 0 aliphatic rings. The second-order valence-corrected chi connectivity index (χ2v) is 7.26. The van der Waals surface area contributed by atoms with Gasteiger partial charge in [-0.3, -0.25) is 4.79 Å². The first-order valence-electron chi connectivity index (χ1n) is 8.93. The summed E-state index contributed by atoms with van der Waals surface area (Å²) in [6.45, 7) is 11.6. The maximum absolute atomic E-state index is 12.9. The number of carbonyl (C=O) groups is 1. The maximum atomic E-state index is 12.9. The molecule has 0 heterocycles. The molecule has 21 heavy (non-hydrogen) atoms. The van der Waals surface area contributed by atoms with E-state index in [1.54, 1.807) is 7.11 Å². The van der Waals surface area contributed by atoms with Crippen LogP contribution in [0.15, 0.2) is 0 Å². The number of hydrogen-bond donors (Lipinski definition) is 0. The van der Waals surface area contributed by atoms with Crippen molar-refractivity contribution in [2.24, 2.45) is 17.3 Å². The summed E-state index contributed by atoms with van der Waals surface area (Å²) in [7, 11) is 1.72. The van der Waals surface area contributed by atoms with Gasteiger partial charge in [0.15, 0.2) is 0 Å². The monoisotopic (exact) mass is 298 g/mol. The lowest BCUT2D eigenvalue weighted by atomic mass is 9.69. The van der Waals surface area contributed by atoms with Crippen LogP contribution in [0, 0.1) is 17.3 Å². The van der Waals surface area contributed by atoms with Crippen LogP contribution in [-0.4, -0.2) is 19.5 Å². The first-order chi connectivity index (χ1) is 9.90. The van der Waals surface area contributed by atoms with E-state index in [-0.39, 0.29) is 5.41 Å². The van der Waals surface area contributed by atoms with Crippen LogP contribution in [0.4, 0.5) is 0 Å². The Balaban J connectivity index is 4.64. The molecule has 0 radical (unpaired) electrons. The molecule has 0 saturated carbocycles. The molecule has 0 aliphatic carbocycles. The lowest BCUT2D eigenvalue weighted by molar-refractivity contribution is -0.136. The molecule has 126 valence electrons. The van der Waals surface area contributed by atoms with E-state index >= 15 is 0 Å². The van der Waals surface area contributed by atoms with Gasteiger partial charge in [0.2, 0.25) is 0 Å². The quantitative estimate of drug-likeness (QED) is 0.411. The molecule has 0 N–H and O–H groups in total. The molecular formula is C19H38O2. The van der Waals surface area contributed by atoms with Gasteiger partial charge in [-0.25, -0.2) is 0 Å². The molecule has 0 bridgehead atoms. The smallest absolute Gasteiger partial charge is 0.141 e. The van der Waals surface area contributed by atoms with Crippen molar-refractivity contribution in [3.63, 3.8) is 0 Å². The van der Waals surface area contributed by atoms with E-state index in [4.69, 9.17) is 4.74 Å². The summed E-state index contributed by atoms with van der Waals surface area (Å²) in [6.07, 6.45) is 8.81. The van der Waals surface area contributed by atoms with Crippen LogP contribution in [0.3, 0.4) is 0 Å². The maximum Gasteiger partial charge on any atom is 0.141 e. The van der Waals surface area contributed by atoms with Gasteiger partial charge >= 0.3 is 0 Å². The van der Waals surface area contributed by atoms with Crippen molar-refractivity contribution in [2.45, 2.75) is 86.0 Å². The Kier molecular flexibility index (Phi) is 11.0. The van der Waals surface area contributed by atoms with Crippen LogP contribution >= 0.6 is 0 Å². The lowest BCUT2D eigenvalue weighted by Crippen LogP contribution is -2.41.